The van der Waals surface area contributed by atoms with Crippen molar-refractivity contribution in [1.82, 2.24) is 10.2 Å². The molecule has 3 amide bonds. The summed E-state index contributed by atoms with van der Waals surface area (Å²) in [5.41, 5.74) is -0.656. The van der Waals surface area contributed by atoms with Crippen molar-refractivity contribution in [2.24, 2.45) is 11.8 Å². The molecule has 6 rings (SSSR count). The van der Waals surface area contributed by atoms with Gasteiger partial charge in [-0.2, -0.15) is 0 Å². The van der Waals surface area contributed by atoms with Crippen LogP contribution in [0, 0.1) is 18.8 Å². The summed E-state index contributed by atoms with van der Waals surface area (Å²) in [7, 11) is 1.53. The maximum absolute atomic E-state index is 13.7. The Morgan fingerprint density at radius 2 is 1.88 bits per heavy atom. The number of hydrogen-bond acceptors (Lipinski definition) is 5. The number of imide groups is 1. The van der Waals surface area contributed by atoms with Crippen molar-refractivity contribution in [2.75, 3.05) is 20.3 Å². The molecule has 33 heavy (non-hydrogen) atoms. The van der Waals surface area contributed by atoms with E-state index in [-0.39, 0.29) is 43.7 Å². The molecule has 2 unspecified atom stereocenters. The molecule has 0 radical (unpaired) electrons. The second-order valence-corrected chi connectivity index (χ2v) is 11.1. The van der Waals surface area contributed by atoms with Crippen LogP contribution in [0.3, 0.4) is 0 Å². The van der Waals surface area contributed by atoms with Gasteiger partial charge < -0.3 is 15.2 Å². The van der Waals surface area contributed by atoms with Gasteiger partial charge in [0.05, 0.1) is 24.2 Å². The molecule has 178 valence electrons. The molecule has 7 heteroatoms. The van der Waals surface area contributed by atoms with Crippen LogP contribution >= 0.6 is 0 Å². The third-order valence-corrected chi connectivity index (χ3v) is 8.49. The summed E-state index contributed by atoms with van der Waals surface area (Å²) in [6.07, 6.45) is 5.07. The van der Waals surface area contributed by atoms with Crippen molar-refractivity contribution in [3.8, 4) is 0 Å². The quantitative estimate of drug-likeness (QED) is 0.616. The Labute approximate surface area is 194 Å². The summed E-state index contributed by atoms with van der Waals surface area (Å²) in [5, 5.41) is 14.3. The number of hydrogen-bond donors (Lipinski definition) is 2. The predicted octanol–water partition coefficient (Wildman–Crippen LogP) is 2.23. The van der Waals surface area contributed by atoms with Crippen molar-refractivity contribution in [2.45, 2.75) is 74.8 Å². The third kappa shape index (κ3) is 3.79. The van der Waals surface area contributed by atoms with Gasteiger partial charge in [-0.25, -0.2) is 0 Å². The summed E-state index contributed by atoms with van der Waals surface area (Å²) in [6.45, 7) is 2.36. The van der Waals surface area contributed by atoms with E-state index in [0.717, 1.165) is 43.2 Å². The Balaban J connectivity index is 1.43. The van der Waals surface area contributed by atoms with Gasteiger partial charge in [0, 0.05) is 25.5 Å². The molecule has 1 heterocycles. The summed E-state index contributed by atoms with van der Waals surface area (Å²) in [4.78, 5) is 41.4. The minimum absolute atomic E-state index is 0.0178. The fourth-order valence-corrected chi connectivity index (χ4v) is 7.74. The number of benzene rings is 1. The number of nitrogens with zero attached hydrogens (tertiary/aromatic N) is 1. The zero-order chi connectivity index (χ0) is 23.4. The first-order valence-corrected chi connectivity index (χ1v) is 12.1. The molecule has 0 spiro atoms. The lowest BCUT2D eigenvalue weighted by Crippen LogP contribution is -2.65. The van der Waals surface area contributed by atoms with Crippen LogP contribution in [-0.4, -0.2) is 59.1 Å². The molecule has 5 atom stereocenters. The predicted molar refractivity (Wildman–Crippen MR) is 121 cm³/mol. The molecule has 5 fully saturated rings. The van der Waals surface area contributed by atoms with E-state index >= 15 is 0 Å². The summed E-state index contributed by atoms with van der Waals surface area (Å²) < 4.78 is 5.10. The molecular weight excluding hydrogens is 420 g/mol. The molecule has 4 bridgehead atoms. The third-order valence-electron chi connectivity index (χ3n) is 8.49. The first-order chi connectivity index (χ1) is 15.7. The SMILES string of the molecule is COCCN1C(=O)C[C@](CC(=O)NC23C[C@@H]4C[C@@H](CC(O)(C4)C2)C3)(c2ccccc2C)C1=O. The average Bonchev–Trinajstić information content (AvgIpc) is 2.94. The lowest BCUT2D eigenvalue weighted by atomic mass is 9.51. The number of aliphatic hydroxyl groups is 1. The van der Waals surface area contributed by atoms with Gasteiger partial charge in [0.2, 0.25) is 17.7 Å². The highest BCUT2D eigenvalue weighted by molar-refractivity contribution is 6.11. The molecule has 4 aliphatic carbocycles. The Bertz CT molecular complexity index is 977. The molecule has 4 saturated carbocycles. The van der Waals surface area contributed by atoms with Crippen molar-refractivity contribution >= 4 is 17.7 Å². The normalized spacial score (nSPS) is 37.1. The number of likely N-dealkylation sites (tertiary alicyclic amines) is 1. The second-order valence-electron chi connectivity index (χ2n) is 11.1. The van der Waals surface area contributed by atoms with Gasteiger partial charge in [-0.3, -0.25) is 19.3 Å². The number of carbonyl (C=O) groups excluding carboxylic acids is 3. The molecule has 7 nitrogen and oxygen atoms in total. The summed E-state index contributed by atoms with van der Waals surface area (Å²) >= 11 is 0. The number of ether oxygens (including phenoxy) is 1. The monoisotopic (exact) mass is 454 g/mol. The van der Waals surface area contributed by atoms with Gasteiger partial charge in [-0.15, -0.1) is 0 Å². The van der Waals surface area contributed by atoms with Crippen molar-refractivity contribution in [1.29, 1.82) is 0 Å². The fraction of sp³-hybridized carbons (Fsp3) is 0.654. The zero-order valence-corrected chi connectivity index (χ0v) is 19.6. The number of amides is 3. The zero-order valence-electron chi connectivity index (χ0n) is 19.6. The molecule has 5 aliphatic rings. The van der Waals surface area contributed by atoms with Gasteiger partial charge >= 0.3 is 0 Å². The molecule has 1 saturated heterocycles. The molecular formula is C26H34N2O5. The van der Waals surface area contributed by atoms with E-state index in [1.54, 1.807) is 0 Å². The van der Waals surface area contributed by atoms with Crippen LogP contribution in [0.4, 0.5) is 0 Å². The Morgan fingerprint density at radius 3 is 2.52 bits per heavy atom. The highest BCUT2D eigenvalue weighted by Gasteiger charge is 2.59. The van der Waals surface area contributed by atoms with Gasteiger partial charge in [0.25, 0.3) is 0 Å². The molecule has 1 aromatic carbocycles. The van der Waals surface area contributed by atoms with Gasteiger partial charge in [0.1, 0.15) is 0 Å². The first kappa shape index (κ1) is 22.5. The van der Waals surface area contributed by atoms with E-state index in [0.29, 0.717) is 18.3 Å². The smallest absolute Gasteiger partial charge is 0.240 e. The standard InChI is InChI=1S/C26H34N2O5/c1-17-5-3-4-6-20(17)26(15-22(30)28(23(26)31)7-8-33-2)14-21(29)27-24-10-18-9-19(11-24)13-25(32,12-18)16-24/h3-6,18-19,32H,7-16H2,1-2H3,(H,27,29)/t18-,19+,24?,25?,26-/m1/s1. The maximum Gasteiger partial charge on any atom is 0.240 e. The molecule has 1 aliphatic heterocycles. The fourth-order valence-electron chi connectivity index (χ4n) is 7.74. The Kier molecular flexibility index (Phi) is 5.40. The Hall–Kier alpha value is -2.25. The van der Waals surface area contributed by atoms with E-state index in [2.05, 4.69) is 5.32 Å². The van der Waals surface area contributed by atoms with Gasteiger partial charge in [0.15, 0.2) is 0 Å². The van der Waals surface area contributed by atoms with E-state index in [4.69, 9.17) is 4.74 Å². The Morgan fingerprint density at radius 1 is 1.18 bits per heavy atom. The van der Waals surface area contributed by atoms with Crippen LogP contribution in [0.5, 0.6) is 0 Å². The summed E-state index contributed by atoms with van der Waals surface area (Å²) in [5.74, 6) is 0.0936. The molecule has 2 N–H and O–H groups in total. The lowest BCUT2D eigenvalue weighted by Gasteiger charge is -2.60. The number of aryl methyl sites for hydroxylation is 1. The van der Waals surface area contributed by atoms with Crippen molar-refractivity contribution in [3.63, 3.8) is 0 Å². The van der Waals surface area contributed by atoms with Gasteiger partial charge in [-0.05, 0) is 68.4 Å². The largest absolute Gasteiger partial charge is 0.390 e. The van der Waals surface area contributed by atoms with Crippen LogP contribution in [0.25, 0.3) is 0 Å². The van der Waals surface area contributed by atoms with Crippen LogP contribution in [0.1, 0.15) is 62.5 Å². The van der Waals surface area contributed by atoms with Crippen molar-refractivity contribution in [3.05, 3.63) is 35.4 Å². The second kappa shape index (κ2) is 7.91. The topological polar surface area (TPSA) is 95.9 Å². The van der Waals surface area contributed by atoms with Crippen LogP contribution in [-0.2, 0) is 24.5 Å². The van der Waals surface area contributed by atoms with E-state index in [1.807, 2.05) is 31.2 Å². The highest BCUT2D eigenvalue weighted by Crippen LogP contribution is 2.57. The molecule has 1 aromatic rings. The first-order valence-electron chi connectivity index (χ1n) is 12.1. The number of rotatable bonds is 7. The van der Waals surface area contributed by atoms with Crippen LogP contribution < -0.4 is 5.32 Å². The maximum atomic E-state index is 13.7. The molecule has 0 aromatic heterocycles. The van der Waals surface area contributed by atoms with E-state index in [1.165, 1.54) is 12.0 Å². The minimum Gasteiger partial charge on any atom is -0.390 e. The highest BCUT2D eigenvalue weighted by atomic mass is 16.5. The van der Waals surface area contributed by atoms with E-state index in [9.17, 15) is 19.5 Å². The minimum atomic E-state index is -1.21. The number of nitrogens with one attached hydrogen (secondary N) is 1. The van der Waals surface area contributed by atoms with Crippen molar-refractivity contribution < 1.29 is 24.2 Å². The van der Waals surface area contributed by atoms with Crippen LogP contribution in [0.15, 0.2) is 24.3 Å². The number of methoxy groups -OCH3 is 1. The average molecular weight is 455 g/mol. The number of carbonyl (C=O) groups is 3. The summed E-state index contributed by atoms with van der Waals surface area (Å²) in [6, 6.07) is 7.53. The van der Waals surface area contributed by atoms with Crippen LogP contribution in [0.2, 0.25) is 0 Å². The van der Waals surface area contributed by atoms with E-state index < -0.39 is 16.6 Å². The van der Waals surface area contributed by atoms with Gasteiger partial charge in [-0.1, -0.05) is 24.3 Å². The lowest BCUT2D eigenvalue weighted by molar-refractivity contribution is -0.152.